The molecule has 156 valence electrons. The van der Waals surface area contributed by atoms with Crippen molar-refractivity contribution in [3.8, 4) is 22.6 Å². The number of hydrogen-bond donors (Lipinski definition) is 1. The van der Waals surface area contributed by atoms with Crippen molar-refractivity contribution in [2.45, 2.75) is 6.54 Å². The van der Waals surface area contributed by atoms with Gasteiger partial charge < -0.3 is 19.2 Å². The van der Waals surface area contributed by atoms with E-state index in [1.165, 1.54) is 6.07 Å². The molecule has 4 aromatic rings. The van der Waals surface area contributed by atoms with Crippen LogP contribution < -0.4 is 20.4 Å². The molecule has 0 bridgehead atoms. The Labute approximate surface area is 179 Å². The van der Waals surface area contributed by atoms with Gasteiger partial charge in [0, 0.05) is 24.1 Å². The summed E-state index contributed by atoms with van der Waals surface area (Å²) in [5.41, 5.74) is 2.56. The molecule has 0 aliphatic rings. The van der Waals surface area contributed by atoms with Gasteiger partial charge in [0.05, 0.1) is 7.11 Å². The number of hydrogen-bond acceptors (Lipinski definition) is 5. The van der Waals surface area contributed by atoms with Gasteiger partial charge >= 0.3 is 5.63 Å². The van der Waals surface area contributed by atoms with E-state index in [0.717, 1.165) is 27.8 Å². The number of fused-ring (bicyclic) bond motifs is 1. The fraction of sp³-hybridized carbons (Fsp3) is 0.120. The molecule has 0 unspecified atom stereocenters. The predicted octanol–water partition coefficient (Wildman–Crippen LogP) is 4.16. The summed E-state index contributed by atoms with van der Waals surface area (Å²) in [6.45, 7) is 0.293. The molecule has 0 atom stereocenters. The summed E-state index contributed by atoms with van der Waals surface area (Å²) in [7, 11) is 1.60. The predicted molar refractivity (Wildman–Crippen MR) is 118 cm³/mol. The van der Waals surface area contributed by atoms with Gasteiger partial charge in [0.1, 0.15) is 17.1 Å². The van der Waals surface area contributed by atoms with E-state index in [2.05, 4.69) is 5.32 Å². The van der Waals surface area contributed by atoms with Gasteiger partial charge in [-0.05, 0) is 41.0 Å². The Bertz CT molecular complexity index is 1250. The minimum atomic E-state index is -0.462. The topological polar surface area (TPSA) is 77.8 Å². The van der Waals surface area contributed by atoms with E-state index in [1.807, 2.05) is 60.7 Å². The second-order valence-electron chi connectivity index (χ2n) is 6.92. The Morgan fingerprint density at radius 1 is 0.935 bits per heavy atom. The molecule has 0 saturated heterocycles. The number of amides is 1. The van der Waals surface area contributed by atoms with Gasteiger partial charge in [-0.25, -0.2) is 4.79 Å². The highest BCUT2D eigenvalue weighted by Gasteiger charge is 2.10. The number of carbonyl (C=O) groups is 1. The second kappa shape index (κ2) is 9.17. The Balaban J connectivity index is 1.49. The number of carbonyl (C=O) groups excluding carboxylic acids is 1. The lowest BCUT2D eigenvalue weighted by atomic mass is 10.0. The number of methoxy groups -OCH3 is 1. The van der Waals surface area contributed by atoms with Crippen molar-refractivity contribution in [1.82, 2.24) is 5.32 Å². The summed E-state index contributed by atoms with van der Waals surface area (Å²) in [5, 5.41) is 3.58. The summed E-state index contributed by atoms with van der Waals surface area (Å²) in [4.78, 5) is 24.2. The van der Waals surface area contributed by atoms with Gasteiger partial charge in [0.2, 0.25) is 0 Å². The van der Waals surface area contributed by atoms with Crippen LogP contribution in [0.5, 0.6) is 11.5 Å². The summed E-state index contributed by atoms with van der Waals surface area (Å²) in [6.07, 6.45) is 0. The first kappa shape index (κ1) is 20.2. The molecule has 6 nitrogen and oxygen atoms in total. The Morgan fingerprint density at radius 2 is 1.68 bits per heavy atom. The minimum absolute atomic E-state index is 0.138. The third-order valence-corrected chi connectivity index (χ3v) is 4.82. The molecule has 3 aromatic carbocycles. The molecule has 1 amide bonds. The van der Waals surface area contributed by atoms with Crippen LogP contribution in [0, 0.1) is 0 Å². The van der Waals surface area contributed by atoms with Crippen molar-refractivity contribution >= 4 is 16.9 Å². The van der Waals surface area contributed by atoms with Crippen LogP contribution in [0.3, 0.4) is 0 Å². The fourth-order valence-corrected chi connectivity index (χ4v) is 3.24. The Morgan fingerprint density at radius 3 is 2.42 bits per heavy atom. The van der Waals surface area contributed by atoms with Gasteiger partial charge in [-0.2, -0.15) is 0 Å². The van der Waals surface area contributed by atoms with Gasteiger partial charge in [-0.15, -0.1) is 0 Å². The Hall–Kier alpha value is -4.06. The van der Waals surface area contributed by atoms with Crippen molar-refractivity contribution < 1.29 is 18.7 Å². The summed E-state index contributed by atoms with van der Waals surface area (Å²) in [6, 6.07) is 23.7. The van der Waals surface area contributed by atoms with Crippen LogP contribution in [0.25, 0.3) is 22.1 Å². The zero-order valence-corrected chi connectivity index (χ0v) is 17.0. The molecular formula is C25H21NO5. The molecule has 6 heteroatoms. The molecule has 0 radical (unpaired) electrons. The third-order valence-electron chi connectivity index (χ3n) is 4.82. The number of ether oxygens (including phenoxy) is 2. The number of rotatable bonds is 7. The smallest absolute Gasteiger partial charge is 0.336 e. The van der Waals surface area contributed by atoms with Crippen LogP contribution in [-0.4, -0.2) is 19.6 Å². The number of benzene rings is 3. The molecular weight excluding hydrogens is 394 g/mol. The molecule has 4 rings (SSSR count). The average Bonchev–Trinajstić information content (AvgIpc) is 2.81. The fourth-order valence-electron chi connectivity index (χ4n) is 3.24. The maximum absolute atomic E-state index is 12.1. The zero-order chi connectivity index (χ0) is 21.6. The van der Waals surface area contributed by atoms with Gasteiger partial charge in [-0.1, -0.05) is 42.5 Å². The first-order valence-electron chi connectivity index (χ1n) is 9.78. The van der Waals surface area contributed by atoms with E-state index in [-0.39, 0.29) is 12.5 Å². The molecule has 0 aliphatic heterocycles. The molecule has 0 aliphatic carbocycles. The van der Waals surface area contributed by atoms with E-state index in [1.54, 1.807) is 19.2 Å². The first-order valence-corrected chi connectivity index (χ1v) is 9.78. The van der Waals surface area contributed by atoms with E-state index >= 15 is 0 Å². The second-order valence-corrected chi connectivity index (χ2v) is 6.92. The normalized spacial score (nSPS) is 10.6. The van der Waals surface area contributed by atoms with Gasteiger partial charge in [0.25, 0.3) is 5.91 Å². The molecule has 31 heavy (non-hydrogen) atoms. The van der Waals surface area contributed by atoms with Crippen molar-refractivity contribution in [2.75, 3.05) is 13.7 Å². The maximum Gasteiger partial charge on any atom is 0.336 e. The van der Waals surface area contributed by atoms with E-state index in [9.17, 15) is 9.59 Å². The quantitative estimate of drug-likeness (QED) is 0.459. The standard InChI is InChI=1S/C25H21NO5/c1-29-19-9-7-18(8-10-19)22-14-25(28)31-23-13-20(11-12-21(22)23)30-16-24(27)26-15-17-5-3-2-4-6-17/h2-14H,15-16H2,1H3,(H,26,27). The molecule has 1 heterocycles. The Kier molecular flexibility index (Phi) is 5.98. The van der Waals surface area contributed by atoms with Crippen molar-refractivity contribution in [3.05, 3.63) is 94.8 Å². The molecule has 0 saturated carbocycles. The van der Waals surface area contributed by atoms with Crippen LogP contribution in [0.15, 0.2) is 88.1 Å². The minimum Gasteiger partial charge on any atom is -0.497 e. The highest BCUT2D eigenvalue weighted by molar-refractivity contribution is 5.93. The van der Waals surface area contributed by atoms with Crippen LogP contribution in [-0.2, 0) is 11.3 Å². The monoisotopic (exact) mass is 415 g/mol. The molecule has 1 aromatic heterocycles. The van der Waals surface area contributed by atoms with E-state index in [0.29, 0.717) is 17.9 Å². The van der Waals surface area contributed by atoms with Gasteiger partial charge in [0.15, 0.2) is 6.61 Å². The van der Waals surface area contributed by atoms with Crippen LogP contribution in [0.2, 0.25) is 0 Å². The summed E-state index contributed by atoms with van der Waals surface area (Å²) >= 11 is 0. The van der Waals surface area contributed by atoms with Crippen LogP contribution >= 0.6 is 0 Å². The highest BCUT2D eigenvalue weighted by Crippen LogP contribution is 2.30. The lowest BCUT2D eigenvalue weighted by Gasteiger charge is -2.10. The summed E-state index contributed by atoms with van der Waals surface area (Å²) in [5.74, 6) is 0.937. The highest BCUT2D eigenvalue weighted by atomic mass is 16.5. The largest absolute Gasteiger partial charge is 0.497 e. The van der Waals surface area contributed by atoms with Crippen molar-refractivity contribution in [1.29, 1.82) is 0 Å². The van der Waals surface area contributed by atoms with E-state index in [4.69, 9.17) is 13.9 Å². The molecule has 0 fully saturated rings. The first-order chi connectivity index (χ1) is 15.1. The van der Waals surface area contributed by atoms with Crippen LogP contribution in [0.4, 0.5) is 0 Å². The average molecular weight is 415 g/mol. The lowest BCUT2D eigenvalue weighted by Crippen LogP contribution is -2.28. The van der Waals surface area contributed by atoms with Crippen LogP contribution in [0.1, 0.15) is 5.56 Å². The maximum atomic E-state index is 12.1. The lowest BCUT2D eigenvalue weighted by molar-refractivity contribution is -0.123. The third kappa shape index (κ3) is 4.93. The van der Waals surface area contributed by atoms with Crippen molar-refractivity contribution in [3.63, 3.8) is 0 Å². The zero-order valence-electron chi connectivity index (χ0n) is 17.0. The number of nitrogens with one attached hydrogen (secondary N) is 1. The van der Waals surface area contributed by atoms with E-state index < -0.39 is 5.63 Å². The summed E-state index contributed by atoms with van der Waals surface area (Å²) < 4.78 is 16.1. The molecule has 1 N–H and O–H groups in total. The molecule has 0 spiro atoms. The SMILES string of the molecule is COc1ccc(-c2cc(=O)oc3cc(OCC(=O)NCc4ccccc4)ccc23)cc1. The van der Waals surface area contributed by atoms with Crippen molar-refractivity contribution in [2.24, 2.45) is 0 Å². The van der Waals surface area contributed by atoms with Gasteiger partial charge in [-0.3, -0.25) is 4.79 Å².